The van der Waals surface area contributed by atoms with Crippen molar-refractivity contribution >= 4 is 11.8 Å². The Morgan fingerprint density at radius 3 is 2.60 bits per heavy atom. The lowest BCUT2D eigenvalue weighted by molar-refractivity contribution is -0.142. The molecule has 1 N–H and O–H groups in total. The Morgan fingerprint density at radius 2 is 1.80 bits per heavy atom. The highest BCUT2D eigenvalue weighted by atomic mass is 16.2. The van der Waals surface area contributed by atoms with Crippen LogP contribution in [-0.2, 0) is 4.79 Å². The van der Waals surface area contributed by atoms with Gasteiger partial charge in [0.15, 0.2) is 0 Å². The van der Waals surface area contributed by atoms with Crippen molar-refractivity contribution in [1.82, 2.24) is 19.7 Å². The van der Waals surface area contributed by atoms with Crippen LogP contribution in [0.15, 0.2) is 42.5 Å². The lowest BCUT2D eigenvalue weighted by Crippen LogP contribution is -2.64. The minimum absolute atomic E-state index is 0.0390. The van der Waals surface area contributed by atoms with Crippen LogP contribution in [-0.4, -0.2) is 77.3 Å². The van der Waals surface area contributed by atoms with E-state index in [0.29, 0.717) is 18.8 Å². The van der Waals surface area contributed by atoms with Crippen LogP contribution in [0.2, 0.25) is 0 Å². The molecule has 0 saturated carbocycles. The summed E-state index contributed by atoms with van der Waals surface area (Å²) in [5.41, 5.74) is 2.55. The predicted molar refractivity (Wildman–Crippen MR) is 95.1 cm³/mol. The molecular formula is C19H22N4O2. The quantitative estimate of drug-likeness (QED) is 0.897. The second-order valence-corrected chi connectivity index (χ2v) is 6.71. The maximum absolute atomic E-state index is 12.9. The average molecular weight is 338 g/mol. The van der Waals surface area contributed by atoms with Gasteiger partial charge in [-0.05, 0) is 17.7 Å². The summed E-state index contributed by atoms with van der Waals surface area (Å²) in [5, 5.41) is 0. The smallest absolute Gasteiger partial charge is 0.270 e. The molecule has 1 atom stereocenters. The predicted octanol–water partition coefficient (Wildman–Crippen LogP) is 1.28. The summed E-state index contributed by atoms with van der Waals surface area (Å²) in [4.78, 5) is 34.2. The van der Waals surface area contributed by atoms with Gasteiger partial charge in [0.1, 0.15) is 11.7 Å². The maximum atomic E-state index is 12.9. The van der Waals surface area contributed by atoms with E-state index in [1.54, 1.807) is 9.80 Å². The van der Waals surface area contributed by atoms with E-state index in [0.717, 1.165) is 30.9 Å². The molecule has 0 unspecified atom stereocenters. The highest BCUT2D eigenvalue weighted by molar-refractivity contribution is 5.94. The number of piperazine rings is 2. The van der Waals surface area contributed by atoms with E-state index in [2.05, 4.69) is 9.88 Å². The Balaban J connectivity index is 1.50. The molecule has 6 nitrogen and oxygen atoms in total. The summed E-state index contributed by atoms with van der Waals surface area (Å²) < 4.78 is 0. The van der Waals surface area contributed by atoms with E-state index >= 15 is 0 Å². The highest BCUT2D eigenvalue weighted by Gasteiger charge is 2.38. The van der Waals surface area contributed by atoms with Gasteiger partial charge in [-0.1, -0.05) is 30.3 Å². The summed E-state index contributed by atoms with van der Waals surface area (Å²) in [7, 11) is 1.83. The molecule has 2 saturated heterocycles. The zero-order valence-electron chi connectivity index (χ0n) is 14.3. The fourth-order valence-corrected chi connectivity index (χ4v) is 3.63. The first-order valence-electron chi connectivity index (χ1n) is 8.66. The number of fused-ring (bicyclic) bond motifs is 1. The van der Waals surface area contributed by atoms with Gasteiger partial charge in [-0.15, -0.1) is 0 Å². The van der Waals surface area contributed by atoms with E-state index < -0.39 is 0 Å². The highest BCUT2D eigenvalue weighted by Crippen LogP contribution is 2.21. The van der Waals surface area contributed by atoms with E-state index in [4.69, 9.17) is 0 Å². The van der Waals surface area contributed by atoms with Gasteiger partial charge < -0.3 is 14.8 Å². The molecule has 0 aliphatic carbocycles. The Morgan fingerprint density at radius 1 is 1.04 bits per heavy atom. The van der Waals surface area contributed by atoms with E-state index in [9.17, 15) is 9.59 Å². The second-order valence-electron chi connectivity index (χ2n) is 6.71. The van der Waals surface area contributed by atoms with Crippen molar-refractivity contribution in [3.8, 4) is 11.3 Å². The molecule has 2 fully saturated rings. The summed E-state index contributed by atoms with van der Waals surface area (Å²) in [6.45, 7) is 3.52. The van der Waals surface area contributed by atoms with Crippen molar-refractivity contribution < 1.29 is 9.59 Å². The van der Waals surface area contributed by atoms with E-state index in [1.165, 1.54) is 0 Å². The summed E-state index contributed by atoms with van der Waals surface area (Å²) in [6.07, 6.45) is 0. The maximum Gasteiger partial charge on any atom is 0.270 e. The van der Waals surface area contributed by atoms with Crippen molar-refractivity contribution in [3.63, 3.8) is 0 Å². The Hall–Kier alpha value is -2.60. The lowest BCUT2D eigenvalue weighted by Gasteiger charge is -2.45. The Kier molecular flexibility index (Phi) is 4.05. The fraction of sp³-hybridized carbons (Fsp3) is 0.368. The number of aromatic nitrogens is 1. The van der Waals surface area contributed by atoms with Crippen molar-refractivity contribution in [1.29, 1.82) is 0 Å². The van der Waals surface area contributed by atoms with Gasteiger partial charge >= 0.3 is 0 Å². The second kappa shape index (κ2) is 6.37. The Labute approximate surface area is 147 Å². The van der Waals surface area contributed by atoms with Crippen molar-refractivity contribution in [2.75, 3.05) is 39.8 Å². The largest absolute Gasteiger partial charge is 0.351 e. The van der Waals surface area contributed by atoms with Gasteiger partial charge in [-0.3, -0.25) is 14.5 Å². The van der Waals surface area contributed by atoms with Gasteiger partial charge in [0, 0.05) is 45.5 Å². The van der Waals surface area contributed by atoms with Gasteiger partial charge in [-0.2, -0.15) is 0 Å². The molecule has 0 spiro atoms. The molecule has 4 rings (SSSR count). The third kappa shape index (κ3) is 2.93. The molecule has 2 aromatic rings. The van der Waals surface area contributed by atoms with Crippen LogP contribution in [0.1, 0.15) is 10.5 Å². The number of hydrogen-bond donors (Lipinski definition) is 1. The number of rotatable bonds is 2. The summed E-state index contributed by atoms with van der Waals surface area (Å²) >= 11 is 0. The molecule has 1 aromatic carbocycles. The minimum Gasteiger partial charge on any atom is -0.351 e. The summed E-state index contributed by atoms with van der Waals surface area (Å²) in [5.74, 6) is 0.0723. The monoisotopic (exact) mass is 338 g/mol. The van der Waals surface area contributed by atoms with Crippen molar-refractivity contribution in [2.45, 2.75) is 6.04 Å². The van der Waals surface area contributed by atoms with Crippen LogP contribution in [0.4, 0.5) is 0 Å². The zero-order chi connectivity index (χ0) is 17.4. The number of aromatic amines is 1. The molecule has 0 radical (unpaired) electrons. The normalized spacial score (nSPS) is 21.3. The van der Waals surface area contributed by atoms with Gasteiger partial charge in [0.25, 0.3) is 5.91 Å². The Bertz CT molecular complexity index is 786. The van der Waals surface area contributed by atoms with Gasteiger partial charge in [0.2, 0.25) is 5.91 Å². The lowest BCUT2D eigenvalue weighted by atomic mass is 10.1. The zero-order valence-corrected chi connectivity index (χ0v) is 14.3. The molecule has 2 aliphatic rings. The number of carbonyl (C=O) groups is 2. The van der Waals surface area contributed by atoms with Crippen LogP contribution in [0.3, 0.4) is 0 Å². The number of nitrogens with zero attached hydrogens (tertiary/aromatic N) is 3. The molecule has 1 aromatic heterocycles. The molecule has 130 valence electrons. The third-order valence-electron chi connectivity index (χ3n) is 5.16. The van der Waals surface area contributed by atoms with Crippen LogP contribution in [0, 0.1) is 0 Å². The van der Waals surface area contributed by atoms with Crippen LogP contribution < -0.4 is 0 Å². The third-order valence-corrected chi connectivity index (χ3v) is 5.16. The van der Waals surface area contributed by atoms with Crippen LogP contribution in [0.5, 0.6) is 0 Å². The molecule has 6 heteroatoms. The minimum atomic E-state index is -0.208. The van der Waals surface area contributed by atoms with Gasteiger partial charge in [0.05, 0.1) is 0 Å². The van der Waals surface area contributed by atoms with Gasteiger partial charge in [-0.25, -0.2) is 0 Å². The number of nitrogens with one attached hydrogen (secondary N) is 1. The first-order chi connectivity index (χ1) is 12.1. The first kappa shape index (κ1) is 15.9. The molecule has 0 bridgehead atoms. The number of benzene rings is 1. The number of hydrogen-bond acceptors (Lipinski definition) is 3. The van der Waals surface area contributed by atoms with Crippen LogP contribution in [0.25, 0.3) is 11.3 Å². The van der Waals surface area contributed by atoms with E-state index in [1.807, 2.05) is 49.5 Å². The SMILES string of the molecule is CN1CCN2CCN(C(=O)c3ccc(-c4ccccc4)[nH]3)C[C@@H]2C1=O. The number of likely N-dealkylation sites (N-methyl/N-ethyl adjacent to an activating group) is 1. The standard InChI is InChI=1S/C19H22N4O2/c1-21-9-10-22-11-12-23(13-17(22)19(21)25)18(24)16-8-7-15(20-16)14-5-3-2-4-6-14/h2-8,17,20H,9-13H2,1H3/t17-/m1/s1. The topological polar surface area (TPSA) is 59.6 Å². The first-order valence-corrected chi connectivity index (χ1v) is 8.66. The van der Waals surface area contributed by atoms with Crippen molar-refractivity contribution in [2.24, 2.45) is 0 Å². The number of carbonyl (C=O) groups excluding carboxylic acids is 2. The molecule has 2 aliphatic heterocycles. The van der Waals surface area contributed by atoms with E-state index in [-0.39, 0.29) is 17.9 Å². The molecule has 3 heterocycles. The number of H-pyrrole nitrogens is 1. The number of amides is 2. The van der Waals surface area contributed by atoms with Crippen LogP contribution >= 0.6 is 0 Å². The fourth-order valence-electron chi connectivity index (χ4n) is 3.63. The average Bonchev–Trinajstić information content (AvgIpc) is 3.15. The summed E-state index contributed by atoms with van der Waals surface area (Å²) in [6, 6.07) is 13.5. The molecule has 2 amide bonds. The molecule has 25 heavy (non-hydrogen) atoms. The van der Waals surface area contributed by atoms with Crippen molar-refractivity contribution in [3.05, 3.63) is 48.2 Å². The molecular weight excluding hydrogens is 316 g/mol.